The van der Waals surface area contributed by atoms with Crippen molar-refractivity contribution in [1.82, 2.24) is 19.5 Å². The number of nitrogens with zero attached hydrogens (tertiary/aromatic N) is 4. The van der Waals surface area contributed by atoms with Crippen LogP contribution in [0.4, 0.5) is 18.9 Å². The SMILES string of the molecule is CNc1cnc(Cl)nc1Cc1ccc(-c2nc(C(F)(F)F)cn2C)cc1. The third-order valence-electron chi connectivity index (χ3n) is 3.86. The molecule has 5 nitrogen and oxygen atoms in total. The van der Waals surface area contributed by atoms with Crippen LogP contribution >= 0.6 is 11.6 Å². The number of aryl methyl sites for hydroxylation is 1. The van der Waals surface area contributed by atoms with Crippen molar-refractivity contribution in [2.24, 2.45) is 7.05 Å². The fraction of sp³-hybridized carbons (Fsp3) is 0.235. The third-order valence-corrected chi connectivity index (χ3v) is 4.04. The molecule has 2 heterocycles. The van der Waals surface area contributed by atoms with Crippen LogP contribution in [-0.2, 0) is 19.6 Å². The number of rotatable bonds is 4. The lowest BCUT2D eigenvalue weighted by molar-refractivity contribution is -0.140. The Morgan fingerprint density at radius 1 is 1.15 bits per heavy atom. The number of aromatic nitrogens is 4. The van der Waals surface area contributed by atoms with E-state index in [4.69, 9.17) is 11.6 Å². The fourth-order valence-corrected chi connectivity index (χ4v) is 2.72. The Balaban J connectivity index is 1.86. The summed E-state index contributed by atoms with van der Waals surface area (Å²) < 4.78 is 39.8. The molecule has 0 fully saturated rings. The van der Waals surface area contributed by atoms with Gasteiger partial charge in [-0.05, 0) is 17.2 Å². The molecule has 0 bridgehead atoms. The smallest absolute Gasteiger partial charge is 0.385 e. The summed E-state index contributed by atoms with van der Waals surface area (Å²) in [5, 5.41) is 3.16. The third kappa shape index (κ3) is 3.80. The van der Waals surface area contributed by atoms with Crippen molar-refractivity contribution >= 4 is 17.3 Å². The second-order valence-electron chi connectivity index (χ2n) is 5.68. The number of hydrogen-bond donors (Lipinski definition) is 1. The normalized spacial score (nSPS) is 11.6. The molecule has 3 rings (SSSR count). The van der Waals surface area contributed by atoms with Crippen LogP contribution in [0.1, 0.15) is 17.0 Å². The number of alkyl halides is 3. The Morgan fingerprint density at radius 3 is 2.42 bits per heavy atom. The molecule has 0 aliphatic rings. The van der Waals surface area contributed by atoms with E-state index in [1.54, 1.807) is 25.4 Å². The van der Waals surface area contributed by atoms with E-state index in [1.807, 2.05) is 12.1 Å². The standard InChI is InChI=1S/C17H15ClF3N5/c1-22-13-8-23-16(18)24-12(13)7-10-3-5-11(6-4-10)15-25-14(9-26(15)2)17(19,20)21/h3-6,8-9,22H,7H2,1-2H3. The molecule has 2 aromatic heterocycles. The Bertz CT molecular complexity index is 919. The molecule has 136 valence electrons. The van der Waals surface area contributed by atoms with Crippen LogP contribution in [0.15, 0.2) is 36.7 Å². The minimum absolute atomic E-state index is 0.156. The van der Waals surface area contributed by atoms with Gasteiger partial charge in [0.2, 0.25) is 5.28 Å². The van der Waals surface area contributed by atoms with Gasteiger partial charge in [-0.15, -0.1) is 0 Å². The van der Waals surface area contributed by atoms with Crippen molar-refractivity contribution in [3.63, 3.8) is 0 Å². The summed E-state index contributed by atoms with van der Waals surface area (Å²) in [5.74, 6) is 0.255. The first kappa shape index (κ1) is 18.2. The second kappa shape index (κ2) is 6.95. The minimum Gasteiger partial charge on any atom is -0.385 e. The Hall–Kier alpha value is -2.61. The molecule has 3 aromatic rings. The second-order valence-corrected chi connectivity index (χ2v) is 6.02. The van der Waals surface area contributed by atoms with Crippen LogP contribution in [0.3, 0.4) is 0 Å². The first-order valence-corrected chi connectivity index (χ1v) is 8.04. The maximum atomic E-state index is 12.8. The Kier molecular flexibility index (Phi) is 4.86. The minimum atomic E-state index is -4.47. The summed E-state index contributed by atoms with van der Waals surface area (Å²) in [6.07, 6.45) is -1.38. The number of imidazole rings is 1. The van der Waals surface area contributed by atoms with Gasteiger partial charge in [0.1, 0.15) is 5.82 Å². The van der Waals surface area contributed by atoms with Crippen LogP contribution in [0, 0.1) is 0 Å². The van der Waals surface area contributed by atoms with Gasteiger partial charge in [-0.1, -0.05) is 24.3 Å². The van der Waals surface area contributed by atoms with Gasteiger partial charge < -0.3 is 9.88 Å². The first-order valence-electron chi connectivity index (χ1n) is 7.67. The Morgan fingerprint density at radius 2 is 1.85 bits per heavy atom. The van der Waals surface area contributed by atoms with Crippen molar-refractivity contribution in [2.75, 3.05) is 12.4 Å². The van der Waals surface area contributed by atoms with E-state index in [0.717, 1.165) is 23.1 Å². The maximum absolute atomic E-state index is 12.8. The highest BCUT2D eigenvalue weighted by Gasteiger charge is 2.34. The summed E-state index contributed by atoms with van der Waals surface area (Å²) in [6.45, 7) is 0. The average molecular weight is 382 g/mol. The molecule has 0 radical (unpaired) electrons. The van der Waals surface area contributed by atoms with Gasteiger partial charge in [0.15, 0.2) is 5.69 Å². The van der Waals surface area contributed by atoms with E-state index in [2.05, 4.69) is 20.3 Å². The number of nitrogens with one attached hydrogen (secondary N) is 1. The largest absolute Gasteiger partial charge is 0.434 e. The zero-order valence-electron chi connectivity index (χ0n) is 14.0. The van der Waals surface area contributed by atoms with E-state index in [9.17, 15) is 13.2 Å². The zero-order chi connectivity index (χ0) is 18.9. The number of anilines is 1. The highest BCUT2D eigenvalue weighted by molar-refractivity contribution is 6.28. The molecular weight excluding hydrogens is 367 g/mol. The molecule has 9 heteroatoms. The molecule has 0 aliphatic carbocycles. The average Bonchev–Trinajstić information content (AvgIpc) is 2.98. The van der Waals surface area contributed by atoms with E-state index in [0.29, 0.717) is 12.0 Å². The van der Waals surface area contributed by atoms with Crippen LogP contribution in [0.5, 0.6) is 0 Å². The number of hydrogen-bond acceptors (Lipinski definition) is 4. The molecule has 1 N–H and O–H groups in total. The van der Waals surface area contributed by atoms with Crippen LogP contribution in [0.25, 0.3) is 11.4 Å². The van der Waals surface area contributed by atoms with E-state index in [-0.39, 0.29) is 11.1 Å². The molecule has 0 saturated carbocycles. The Labute approximate surface area is 152 Å². The molecule has 0 saturated heterocycles. The van der Waals surface area contributed by atoms with Gasteiger partial charge in [0.25, 0.3) is 0 Å². The summed E-state index contributed by atoms with van der Waals surface area (Å²) in [7, 11) is 3.30. The van der Waals surface area contributed by atoms with Gasteiger partial charge in [-0.25, -0.2) is 15.0 Å². The lowest BCUT2D eigenvalue weighted by atomic mass is 10.1. The quantitative estimate of drug-likeness (QED) is 0.689. The highest BCUT2D eigenvalue weighted by Crippen LogP contribution is 2.30. The lowest BCUT2D eigenvalue weighted by Crippen LogP contribution is -2.04. The highest BCUT2D eigenvalue weighted by atomic mass is 35.5. The molecule has 0 atom stereocenters. The monoisotopic (exact) mass is 381 g/mol. The summed E-state index contributed by atoms with van der Waals surface area (Å²) in [4.78, 5) is 11.8. The molecule has 0 unspecified atom stereocenters. The lowest BCUT2D eigenvalue weighted by Gasteiger charge is -2.09. The molecule has 0 aliphatic heterocycles. The molecular formula is C17H15ClF3N5. The summed E-state index contributed by atoms with van der Waals surface area (Å²) >= 11 is 5.85. The van der Waals surface area contributed by atoms with Gasteiger partial charge in [-0.2, -0.15) is 13.2 Å². The van der Waals surface area contributed by atoms with Crippen molar-refractivity contribution in [2.45, 2.75) is 12.6 Å². The summed E-state index contributed by atoms with van der Waals surface area (Å²) in [5.41, 5.74) is 2.12. The van der Waals surface area contributed by atoms with Crippen LogP contribution in [-0.4, -0.2) is 26.6 Å². The number of halogens is 4. The topological polar surface area (TPSA) is 55.6 Å². The van der Waals surface area contributed by atoms with Gasteiger partial charge in [0, 0.05) is 32.3 Å². The summed E-state index contributed by atoms with van der Waals surface area (Å²) in [6, 6.07) is 7.12. The van der Waals surface area contributed by atoms with Gasteiger partial charge in [0.05, 0.1) is 17.6 Å². The maximum Gasteiger partial charge on any atom is 0.434 e. The molecule has 1 aromatic carbocycles. The van der Waals surface area contributed by atoms with E-state index < -0.39 is 11.9 Å². The first-order chi connectivity index (χ1) is 12.3. The molecule has 0 amide bonds. The van der Waals surface area contributed by atoms with Crippen molar-refractivity contribution in [3.8, 4) is 11.4 Å². The van der Waals surface area contributed by atoms with Crippen molar-refractivity contribution in [1.29, 1.82) is 0 Å². The molecule has 0 spiro atoms. The fourth-order valence-electron chi connectivity index (χ4n) is 2.57. The van der Waals surface area contributed by atoms with Gasteiger partial charge >= 0.3 is 6.18 Å². The van der Waals surface area contributed by atoms with Crippen molar-refractivity contribution < 1.29 is 13.2 Å². The number of benzene rings is 1. The van der Waals surface area contributed by atoms with Crippen molar-refractivity contribution in [3.05, 3.63) is 58.9 Å². The molecule has 26 heavy (non-hydrogen) atoms. The van der Waals surface area contributed by atoms with E-state index >= 15 is 0 Å². The predicted octanol–water partition coefficient (Wildman–Crippen LogP) is 4.18. The van der Waals surface area contributed by atoms with Gasteiger partial charge in [-0.3, -0.25) is 0 Å². The van der Waals surface area contributed by atoms with Crippen LogP contribution < -0.4 is 5.32 Å². The zero-order valence-corrected chi connectivity index (χ0v) is 14.7. The van der Waals surface area contributed by atoms with Crippen LogP contribution in [0.2, 0.25) is 5.28 Å². The predicted molar refractivity (Wildman–Crippen MR) is 93.0 cm³/mol. The van der Waals surface area contributed by atoms with E-state index in [1.165, 1.54) is 11.6 Å².